The lowest BCUT2D eigenvalue weighted by Crippen LogP contribution is -2.34. The predicted molar refractivity (Wildman–Crippen MR) is 99.1 cm³/mol. The highest BCUT2D eigenvalue weighted by Crippen LogP contribution is 2.31. The molecule has 0 aliphatic heterocycles. The molecule has 0 aromatic heterocycles. The van der Waals surface area contributed by atoms with Crippen LogP contribution in [0.15, 0.2) is 47.6 Å². The highest BCUT2D eigenvalue weighted by Gasteiger charge is 2.32. The Morgan fingerprint density at radius 2 is 1.76 bits per heavy atom. The number of benzene rings is 2. The van der Waals surface area contributed by atoms with Crippen LogP contribution < -0.4 is 20.2 Å². The van der Waals surface area contributed by atoms with Crippen molar-refractivity contribution < 1.29 is 32.2 Å². The Labute approximate surface area is 164 Å². The molecule has 2 rings (SSSR count). The number of hydrogen-bond acceptors (Lipinski definition) is 5. The lowest BCUT2D eigenvalue weighted by molar-refractivity contribution is -0.137. The zero-order valence-corrected chi connectivity index (χ0v) is 15.5. The largest absolute Gasteiger partial charge is 0.493 e. The second-order valence-electron chi connectivity index (χ2n) is 5.63. The number of methoxy groups -OCH3 is 2. The van der Waals surface area contributed by atoms with E-state index >= 15 is 0 Å². The molecule has 0 unspecified atom stereocenters. The van der Waals surface area contributed by atoms with E-state index in [0.29, 0.717) is 11.5 Å². The van der Waals surface area contributed by atoms with E-state index in [1.54, 1.807) is 0 Å². The zero-order chi connectivity index (χ0) is 21.4. The normalized spacial score (nSPS) is 11.2. The van der Waals surface area contributed by atoms with Gasteiger partial charge in [-0.3, -0.25) is 9.59 Å². The summed E-state index contributed by atoms with van der Waals surface area (Å²) >= 11 is 0. The number of nitrogens with zero attached hydrogens (tertiary/aromatic N) is 1. The van der Waals surface area contributed by atoms with Gasteiger partial charge in [0.25, 0.3) is 11.8 Å². The van der Waals surface area contributed by atoms with E-state index in [-0.39, 0.29) is 11.1 Å². The molecule has 0 bridgehead atoms. The van der Waals surface area contributed by atoms with Crippen molar-refractivity contribution in [3.05, 3.63) is 59.2 Å². The third kappa shape index (κ3) is 5.96. The van der Waals surface area contributed by atoms with Crippen molar-refractivity contribution in [1.29, 1.82) is 0 Å². The number of rotatable bonds is 7. The molecular formula is C19H18F3N3O4. The average Bonchev–Trinajstić information content (AvgIpc) is 2.71. The van der Waals surface area contributed by atoms with Crippen molar-refractivity contribution in [3.63, 3.8) is 0 Å². The number of hydrazone groups is 1. The molecule has 0 atom stereocenters. The molecule has 29 heavy (non-hydrogen) atoms. The third-order valence-corrected chi connectivity index (χ3v) is 3.71. The van der Waals surface area contributed by atoms with E-state index in [9.17, 15) is 22.8 Å². The fraction of sp³-hybridized carbons (Fsp3) is 0.211. The van der Waals surface area contributed by atoms with Gasteiger partial charge in [0.2, 0.25) is 0 Å². The Morgan fingerprint density at radius 3 is 2.41 bits per heavy atom. The van der Waals surface area contributed by atoms with E-state index in [4.69, 9.17) is 9.47 Å². The van der Waals surface area contributed by atoms with Gasteiger partial charge in [0.1, 0.15) is 0 Å². The number of alkyl halides is 3. The molecule has 2 aromatic carbocycles. The first-order chi connectivity index (χ1) is 13.8. The minimum Gasteiger partial charge on any atom is -0.493 e. The number of carbonyl (C=O) groups excluding carboxylic acids is 2. The summed E-state index contributed by atoms with van der Waals surface area (Å²) in [6.45, 7) is -0.425. The fourth-order valence-corrected chi connectivity index (χ4v) is 2.32. The fourth-order valence-electron chi connectivity index (χ4n) is 2.32. The molecule has 0 saturated carbocycles. The van der Waals surface area contributed by atoms with Gasteiger partial charge in [-0.2, -0.15) is 18.3 Å². The van der Waals surface area contributed by atoms with Gasteiger partial charge in [-0.15, -0.1) is 0 Å². The summed E-state index contributed by atoms with van der Waals surface area (Å²) in [4.78, 5) is 23.9. The molecule has 0 spiro atoms. The Kier molecular flexibility index (Phi) is 7.18. The van der Waals surface area contributed by atoms with E-state index in [1.165, 1.54) is 50.6 Å². The van der Waals surface area contributed by atoms with Crippen LogP contribution in [-0.2, 0) is 11.0 Å². The molecule has 0 heterocycles. The monoisotopic (exact) mass is 409 g/mol. The van der Waals surface area contributed by atoms with Gasteiger partial charge < -0.3 is 14.8 Å². The molecule has 154 valence electrons. The third-order valence-electron chi connectivity index (χ3n) is 3.71. The van der Waals surface area contributed by atoms with Crippen LogP contribution in [0.5, 0.6) is 11.5 Å². The average molecular weight is 409 g/mol. The number of halogens is 3. The van der Waals surface area contributed by atoms with E-state index in [2.05, 4.69) is 15.8 Å². The summed E-state index contributed by atoms with van der Waals surface area (Å²) in [6, 6.07) is 9.27. The maximum Gasteiger partial charge on any atom is 0.417 e. The second kappa shape index (κ2) is 9.58. The van der Waals surface area contributed by atoms with Crippen LogP contribution >= 0.6 is 0 Å². The summed E-state index contributed by atoms with van der Waals surface area (Å²) in [5.74, 6) is -0.472. The van der Waals surface area contributed by atoms with Crippen LogP contribution in [0, 0.1) is 0 Å². The lowest BCUT2D eigenvalue weighted by atomic mass is 10.1. The SMILES string of the molecule is COc1ccc(C(=O)NCC(=O)NN=Cc2ccccc2C(F)(F)F)cc1OC. The first-order valence-electron chi connectivity index (χ1n) is 8.24. The van der Waals surface area contributed by atoms with Crippen LogP contribution in [0.1, 0.15) is 21.5 Å². The van der Waals surface area contributed by atoms with Crippen molar-refractivity contribution >= 4 is 18.0 Å². The first kappa shape index (κ1) is 21.7. The molecule has 2 aromatic rings. The van der Waals surface area contributed by atoms with Gasteiger partial charge in [0, 0.05) is 11.1 Å². The van der Waals surface area contributed by atoms with E-state index < -0.39 is 30.1 Å². The minimum atomic E-state index is -4.54. The quantitative estimate of drug-likeness (QED) is 0.544. The van der Waals surface area contributed by atoms with Crippen LogP contribution in [0.25, 0.3) is 0 Å². The molecule has 0 saturated heterocycles. The van der Waals surface area contributed by atoms with Gasteiger partial charge in [0.15, 0.2) is 11.5 Å². The molecular weight excluding hydrogens is 391 g/mol. The van der Waals surface area contributed by atoms with Crippen molar-refractivity contribution in [3.8, 4) is 11.5 Å². The molecule has 0 aliphatic rings. The zero-order valence-electron chi connectivity index (χ0n) is 15.5. The Balaban J connectivity index is 1.92. The topological polar surface area (TPSA) is 89.0 Å². The molecule has 0 aliphatic carbocycles. The van der Waals surface area contributed by atoms with Crippen LogP contribution in [0.3, 0.4) is 0 Å². The lowest BCUT2D eigenvalue weighted by Gasteiger charge is -2.10. The summed E-state index contributed by atoms with van der Waals surface area (Å²) in [7, 11) is 2.87. The second-order valence-corrected chi connectivity index (χ2v) is 5.63. The number of amides is 2. The minimum absolute atomic E-state index is 0.199. The molecule has 2 N–H and O–H groups in total. The summed E-state index contributed by atoms with van der Waals surface area (Å²) in [6.07, 6.45) is -3.66. The molecule has 0 radical (unpaired) electrons. The smallest absolute Gasteiger partial charge is 0.417 e. The number of hydrogen-bond donors (Lipinski definition) is 2. The Morgan fingerprint density at radius 1 is 1.07 bits per heavy atom. The van der Waals surface area contributed by atoms with Crippen molar-refractivity contribution in [1.82, 2.24) is 10.7 Å². The first-order valence-corrected chi connectivity index (χ1v) is 8.24. The van der Waals surface area contributed by atoms with Gasteiger partial charge in [0.05, 0.1) is 32.5 Å². The van der Waals surface area contributed by atoms with Gasteiger partial charge >= 0.3 is 6.18 Å². The van der Waals surface area contributed by atoms with Gasteiger partial charge in [-0.25, -0.2) is 5.43 Å². The van der Waals surface area contributed by atoms with Crippen LogP contribution in [0.2, 0.25) is 0 Å². The van der Waals surface area contributed by atoms with Crippen molar-refractivity contribution in [2.45, 2.75) is 6.18 Å². The molecule has 0 fully saturated rings. The Hall–Kier alpha value is -3.56. The molecule has 2 amide bonds. The van der Waals surface area contributed by atoms with Gasteiger partial charge in [-0.1, -0.05) is 18.2 Å². The number of ether oxygens (including phenoxy) is 2. The van der Waals surface area contributed by atoms with E-state index in [1.807, 2.05) is 0 Å². The van der Waals surface area contributed by atoms with Gasteiger partial charge in [-0.05, 0) is 24.3 Å². The Bertz CT molecular complexity index is 914. The van der Waals surface area contributed by atoms with Crippen LogP contribution in [0.4, 0.5) is 13.2 Å². The molecule has 10 heteroatoms. The highest BCUT2D eigenvalue weighted by molar-refractivity contribution is 5.97. The standard InChI is InChI=1S/C19H18F3N3O4/c1-28-15-8-7-12(9-16(15)29-2)18(27)23-11-17(26)25-24-10-13-5-3-4-6-14(13)19(20,21)22/h3-10H,11H2,1-2H3,(H,23,27)(H,25,26). The summed E-state index contributed by atoms with van der Waals surface area (Å²) in [5, 5.41) is 5.87. The summed E-state index contributed by atoms with van der Waals surface area (Å²) < 4.78 is 48.9. The maximum atomic E-state index is 12.9. The maximum absolute atomic E-state index is 12.9. The number of nitrogens with one attached hydrogen (secondary N) is 2. The highest BCUT2D eigenvalue weighted by atomic mass is 19.4. The molecule has 7 nitrogen and oxygen atoms in total. The predicted octanol–water partition coefficient (Wildman–Crippen LogP) is 2.60. The van der Waals surface area contributed by atoms with E-state index in [0.717, 1.165) is 12.3 Å². The van der Waals surface area contributed by atoms with Crippen LogP contribution in [-0.4, -0.2) is 38.8 Å². The number of carbonyl (C=O) groups is 2. The van der Waals surface area contributed by atoms with Crippen molar-refractivity contribution in [2.75, 3.05) is 20.8 Å². The van der Waals surface area contributed by atoms with Crippen molar-refractivity contribution in [2.24, 2.45) is 5.10 Å². The summed E-state index contributed by atoms with van der Waals surface area (Å²) in [5.41, 5.74) is 1.22.